The summed E-state index contributed by atoms with van der Waals surface area (Å²) in [5.74, 6) is 0.399. The number of rotatable bonds is 11. The first-order valence-corrected chi connectivity index (χ1v) is 7.27. The first-order valence-electron chi connectivity index (χ1n) is 7.27. The first-order chi connectivity index (χ1) is 9.23. The Morgan fingerprint density at radius 3 is 2.58 bits per heavy atom. The van der Waals surface area contributed by atoms with E-state index in [0.717, 1.165) is 45.3 Å². The molecule has 0 aliphatic heterocycles. The summed E-state index contributed by atoms with van der Waals surface area (Å²) in [7, 11) is 1.67. The number of hydrogen-bond donors (Lipinski definition) is 2. The fraction of sp³-hybridized carbons (Fsp3) is 1.00. The molecule has 3 N–H and O–H groups in total. The highest BCUT2D eigenvalue weighted by atomic mass is 16.5. The molecular weight excluding hydrogens is 246 g/mol. The van der Waals surface area contributed by atoms with E-state index in [2.05, 4.69) is 0 Å². The molecule has 0 radical (unpaired) electrons. The molecule has 0 heterocycles. The van der Waals surface area contributed by atoms with Gasteiger partial charge in [0.2, 0.25) is 0 Å². The van der Waals surface area contributed by atoms with Crippen LogP contribution in [-0.4, -0.2) is 57.4 Å². The van der Waals surface area contributed by atoms with Crippen molar-refractivity contribution in [2.75, 3.05) is 46.8 Å². The standard InChI is InChI=1S/C14H29NO4/c1-17-10-11-19-8-3-7-18-9-5-13-4-2-6-14(13,15)12-16/h13,16H,2-12,15H2,1H3. The number of nitrogens with two attached hydrogens (primary N) is 1. The van der Waals surface area contributed by atoms with E-state index in [0.29, 0.717) is 25.7 Å². The van der Waals surface area contributed by atoms with Crippen LogP contribution >= 0.6 is 0 Å². The minimum atomic E-state index is -0.368. The highest BCUT2D eigenvalue weighted by molar-refractivity contribution is 4.95. The van der Waals surface area contributed by atoms with E-state index in [-0.39, 0.29) is 12.1 Å². The van der Waals surface area contributed by atoms with Crippen LogP contribution in [0.5, 0.6) is 0 Å². The molecule has 0 aromatic carbocycles. The van der Waals surface area contributed by atoms with Gasteiger partial charge in [-0.3, -0.25) is 0 Å². The van der Waals surface area contributed by atoms with Gasteiger partial charge in [-0.15, -0.1) is 0 Å². The highest BCUT2D eigenvalue weighted by Crippen LogP contribution is 2.35. The molecule has 0 amide bonds. The SMILES string of the molecule is COCCOCCCOCCC1CCCC1(N)CO. The number of hydrogen-bond acceptors (Lipinski definition) is 5. The fourth-order valence-electron chi connectivity index (χ4n) is 2.64. The topological polar surface area (TPSA) is 73.9 Å². The van der Waals surface area contributed by atoms with Crippen LogP contribution in [0, 0.1) is 5.92 Å². The Balaban J connectivity index is 1.93. The summed E-state index contributed by atoms with van der Waals surface area (Å²) in [5, 5.41) is 9.35. The second-order valence-electron chi connectivity index (χ2n) is 5.34. The van der Waals surface area contributed by atoms with Gasteiger partial charge in [-0.1, -0.05) is 6.42 Å². The summed E-state index contributed by atoms with van der Waals surface area (Å²) in [6.07, 6.45) is 5.01. The van der Waals surface area contributed by atoms with Crippen LogP contribution in [0.15, 0.2) is 0 Å². The van der Waals surface area contributed by atoms with Gasteiger partial charge in [0, 0.05) is 32.5 Å². The second-order valence-corrected chi connectivity index (χ2v) is 5.34. The molecular formula is C14H29NO4. The van der Waals surface area contributed by atoms with E-state index < -0.39 is 0 Å². The molecule has 0 bridgehead atoms. The van der Waals surface area contributed by atoms with Crippen molar-refractivity contribution in [3.63, 3.8) is 0 Å². The normalized spacial score (nSPS) is 27.0. The van der Waals surface area contributed by atoms with Crippen molar-refractivity contribution in [1.29, 1.82) is 0 Å². The van der Waals surface area contributed by atoms with Gasteiger partial charge in [-0.25, -0.2) is 0 Å². The number of aliphatic hydroxyl groups excluding tert-OH is 1. The average molecular weight is 275 g/mol. The van der Waals surface area contributed by atoms with Crippen molar-refractivity contribution in [1.82, 2.24) is 0 Å². The Labute approximate surface area is 116 Å². The quantitative estimate of drug-likeness (QED) is 0.549. The molecule has 2 unspecified atom stereocenters. The Morgan fingerprint density at radius 2 is 1.89 bits per heavy atom. The molecule has 1 fully saturated rings. The summed E-state index contributed by atoms with van der Waals surface area (Å²) in [5.41, 5.74) is 5.81. The van der Waals surface area contributed by atoms with E-state index in [1.807, 2.05) is 0 Å². The maximum Gasteiger partial charge on any atom is 0.0700 e. The monoisotopic (exact) mass is 275 g/mol. The molecule has 5 nitrogen and oxygen atoms in total. The van der Waals surface area contributed by atoms with Gasteiger partial charge in [0.25, 0.3) is 0 Å². The minimum Gasteiger partial charge on any atom is -0.394 e. The van der Waals surface area contributed by atoms with Crippen molar-refractivity contribution in [2.45, 2.75) is 37.6 Å². The molecule has 1 saturated carbocycles. The Morgan fingerprint density at radius 1 is 1.16 bits per heavy atom. The zero-order valence-electron chi connectivity index (χ0n) is 12.1. The summed E-state index contributed by atoms with van der Waals surface area (Å²) >= 11 is 0. The number of methoxy groups -OCH3 is 1. The molecule has 0 spiro atoms. The zero-order chi connectivity index (χ0) is 14.0. The molecule has 114 valence electrons. The van der Waals surface area contributed by atoms with Crippen molar-refractivity contribution >= 4 is 0 Å². The van der Waals surface area contributed by atoms with Gasteiger partial charge in [-0.2, -0.15) is 0 Å². The number of ether oxygens (including phenoxy) is 3. The van der Waals surface area contributed by atoms with Crippen molar-refractivity contribution < 1.29 is 19.3 Å². The first kappa shape index (κ1) is 16.9. The van der Waals surface area contributed by atoms with E-state index in [4.69, 9.17) is 19.9 Å². The van der Waals surface area contributed by atoms with Crippen LogP contribution in [0.1, 0.15) is 32.1 Å². The van der Waals surface area contributed by atoms with Crippen LogP contribution in [0.3, 0.4) is 0 Å². The average Bonchev–Trinajstić information content (AvgIpc) is 2.79. The largest absolute Gasteiger partial charge is 0.394 e. The van der Waals surface area contributed by atoms with E-state index in [1.54, 1.807) is 7.11 Å². The molecule has 0 aromatic heterocycles. The van der Waals surface area contributed by atoms with E-state index in [1.165, 1.54) is 0 Å². The van der Waals surface area contributed by atoms with E-state index in [9.17, 15) is 5.11 Å². The third-order valence-corrected chi connectivity index (χ3v) is 3.92. The zero-order valence-corrected chi connectivity index (χ0v) is 12.1. The maximum absolute atomic E-state index is 9.35. The Hall–Kier alpha value is -0.200. The third-order valence-electron chi connectivity index (χ3n) is 3.92. The molecule has 0 saturated heterocycles. The molecule has 0 aromatic rings. The van der Waals surface area contributed by atoms with Crippen molar-refractivity contribution in [3.8, 4) is 0 Å². The Kier molecular flexibility index (Phi) is 8.57. The van der Waals surface area contributed by atoms with Crippen LogP contribution in [0.25, 0.3) is 0 Å². The lowest BCUT2D eigenvalue weighted by Crippen LogP contribution is -2.47. The summed E-state index contributed by atoms with van der Waals surface area (Å²) in [4.78, 5) is 0. The maximum atomic E-state index is 9.35. The van der Waals surface area contributed by atoms with Crippen molar-refractivity contribution in [3.05, 3.63) is 0 Å². The molecule has 19 heavy (non-hydrogen) atoms. The van der Waals surface area contributed by atoms with Gasteiger partial charge in [-0.05, 0) is 31.6 Å². The van der Waals surface area contributed by atoms with E-state index >= 15 is 0 Å². The summed E-state index contributed by atoms with van der Waals surface area (Å²) in [6, 6.07) is 0. The lowest BCUT2D eigenvalue weighted by molar-refractivity contribution is 0.0463. The van der Waals surface area contributed by atoms with Crippen LogP contribution in [-0.2, 0) is 14.2 Å². The predicted octanol–water partition coefficient (Wildman–Crippen LogP) is 0.936. The molecule has 2 atom stereocenters. The van der Waals surface area contributed by atoms with Crippen LogP contribution in [0.2, 0.25) is 0 Å². The van der Waals surface area contributed by atoms with Gasteiger partial charge in [0.1, 0.15) is 0 Å². The van der Waals surface area contributed by atoms with Gasteiger partial charge in [0.05, 0.1) is 19.8 Å². The smallest absolute Gasteiger partial charge is 0.0700 e. The number of aliphatic hydroxyl groups is 1. The van der Waals surface area contributed by atoms with Crippen LogP contribution < -0.4 is 5.73 Å². The third kappa shape index (κ3) is 6.19. The highest BCUT2D eigenvalue weighted by Gasteiger charge is 2.38. The van der Waals surface area contributed by atoms with Crippen LogP contribution in [0.4, 0.5) is 0 Å². The molecule has 1 aliphatic carbocycles. The fourth-order valence-corrected chi connectivity index (χ4v) is 2.64. The molecule has 1 aliphatic rings. The Bertz CT molecular complexity index is 227. The minimum absolute atomic E-state index is 0.0883. The summed E-state index contributed by atoms with van der Waals surface area (Å²) < 4.78 is 15.8. The predicted molar refractivity (Wildman–Crippen MR) is 74.1 cm³/mol. The van der Waals surface area contributed by atoms with Gasteiger partial charge >= 0.3 is 0 Å². The lowest BCUT2D eigenvalue weighted by Gasteiger charge is -2.29. The second kappa shape index (κ2) is 9.66. The van der Waals surface area contributed by atoms with Gasteiger partial charge in [0.15, 0.2) is 0 Å². The lowest BCUT2D eigenvalue weighted by atomic mass is 9.87. The van der Waals surface area contributed by atoms with Gasteiger partial charge < -0.3 is 25.1 Å². The van der Waals surface area contributed by atoms with Crippen molar-refractivity contribution in [2.24, 2.45) is 11.7 Å². The molecule has 5 heteroatoms. The molecule has 1 rings (SSSR count). The summed E-state index contributed by atoms with van der Waals surface area (Å²) in [6.45, 7) is 3.53.